The molecule has 0 saturated carbocycles. The highest BCUT2D eigenvalue weighted by atomic mass is 79.9. The summed E-state index contributed by atoms with van der Waals surface area (Å²) in [5, 5.41) is 3.26. The SMILES string of the molecule is O=C(C1=C(Nc2ccccc2)C(=O)N(c2ccccc2)[C@H]1c1ccc(Br)cc1)c1ccccc1. The van der Waals surface area contributed by atoms with Crippen LogP contribution in [0.3, 0.4) is 0 Å². The van der Waals surface area contributed by atoms with Crippen LogP contribution in [0.4, 0.5) is 11.4 Å². The number of hydrogen-bond donors (Lipinski definition) is 1. The molecular weight excluding hydrogens is 488 g/mol. The third-order valence-corrected chi connectivity index (χ3v) is 6.31. The van der Waals surface area contributed by atoms with E-state index in [0.29, 0.717) is 11.1 Å². The van der Waals surface area contributed by atoms with Gasteiger partial charge >= 0.3 is 0 Å². The minimum atomic E-state index is -0.582. The van der Waals surface area contributed by atoms with Gasteiger partial charge in [-0.2, -0.15) is 0 Å². The number of Topliss-reactive ketones (excluding diaryl/α,β-unsaturated/α-hetero) is 1. The molecule has 1 aliphatic heterocycles. The zero-order chi connectivity index (χ0) is 23.5. The first kappa shape index (κ1) is 21.9. The first-order chi connectivity index (χ1) is 16.6. The lowest BCUT2D eigenvalue weighted by molar-refractivity contribution is -0.114. The Morgan fingerprint density at radius 1 is 0.735 bits per heavy atom. The molecule has 0 spiro atoms. The van der Waals surface area contributed by atoms with Crippen LogP contribution in [-0.4, -0.2) is 11.7 Å². The van der Waals surface area contributed by atoms with Gasteiger partial charge in [-0.25, -0.2) is 0 Å². The summed E-state index contributed by atoms with van der Waals surface area (Å²) in [7, 11) is 0. The first-order valence-electron chi connectivity index (χ1n) is 10.9. The third kappa shape index (κ3) is 4.18. The monoisotopic (exact) mass is 508 g/mol. The van der Waals surface area contributed by atoms with E-state index in [1.807, 2.05) is 103 Å². The molecule has 0 aliphatic carbocycles. The van der Waals surface area contributed by atoms with Crippen molar-refractivity contribution in [3.63, 3.8) is 0 Å². The number of carbonyl (C=O) groups excluding carboxylic acids is 2. The second kappa shape index (κ2) is 9.49. The Balaban J connectivity index is 1.73. The van der Waals surface area contributed by atoms with Crippen LogP contribution in [0.5, 0.6) is 0 Å². The van der Waals surface area contributed by atoms with Gasteiger partial charge in [0.25, 0.3) is 5.91 Å². The van der Waals surface area contributed by atoms with E-state index in [0.717, 1.165) is 21.4 Å². The van der Waals surface area contributed by atoms with E-state index >= 15 is 0 Å². The average Bonchev–Trinajstić information content (AvgIpc) is 3.17. The second-order valence-corrected chi connectivity index (χ2v) is 8.86. The quantitative estimate of drug-likeness (QED) is 0.292. The molecule has 166 valence electrons. The van der Waals surface area contributed by atoms with Gasteiger partial charge < -0.3 is 5.32 Å². The van der Waals surface area contributed by atoms with Gasteiger partial charge in [-0.1, -0.05) is 94.8 Å². The number of para-hydroxylation sites is 2. The number of halogens is 1. The van der Waals surface area contributed by atoms with Crippen molar-refractivity contribution in [3.05, 3.63) is 142 Å². The van der Waals surface area contributed by atoms with Gasteiger partial charge in [0.2, 0.25) is 0 Å². The van der Waals surface area contributed by atoms with Crippen LogP contribution in [-0.2, 0) is 4.79 Å². The average molecular weight is 509 g/mol. The zero-order valence-corrected chi connectivity index (χ0v) is 19.8. The molecule has 0 bridgehead atoms. The zero-order valence-electron chi connectivity index (χ0n) is 18.2. The second-order valence-electron chi connectivity index (χ2n) is 7.94. The standard InChI is InChI=1S/C29H21BrN2O2/c30-22-18-16-20(17-19-22)27-25(28(33)21-10-4-1-5-11-21)26(31-23-12-6-2-7-13-23)29(34)32(27)24-14-8-3-9-15-24/h1-19,27,31H/t27-/m0/s1. The molecule has 0 fully saturated rings. The molecule has 0 aromatic heterocycles. The Kier molecular flexibility index (Phi) is 6.11. The maximum Gasteiger partial charge on any atom is 0.276 e. The molecule has 34 heavy (non-hydrogen) atoms. The highest BCUT2D eigenvalue weighted by Crippen LogP contribution is 2.43. The van der Waals surface area contributed by atoms with E-state index in [2.05, 4.69) is 21.2 Å². The largest absolute Gasteiger partial charge is 0.351 e. The van der Waals surface area contributed by atoms with Gasteiger partial charge in [0.15, 0.2) is 5.78 Å². The number of nitrogens with zero attached hydrogens (tertiary/aromatic N) is 1. The Morgan fingerprint density at radius 2 is 1.29 bits per heavy atom. The summed E-state index contributed by atoms with van der Waals surface area (Å²) < 4.78 is 0.925. The molecule has 1 aliphatic rings. The van der Waals surface area contributed by atoms with Gasteiger partial charge in [0.05, 0.1) is 11.6 Å². The van der Waals surface area contributed by atoms with E-state index in [1.165, 1.54) is 0 Å². The number of benzene rings is 4. The lowest BCUT2D eigenvalue weighted by Crippen LogP contribution is -2.31. The maximum absolute atomic E-state index is 14.0. The van der Waals surface area contributed by atoms with Crippen molar-refractivity contribution in [2.24, 2.45) is 0 Å². The van der Waals surface area contributed by atoms with Crippen molar-refractivity contribution >= 4 is 39.0 Å². The summed E-state index contributed by atoms with van der Waals surface area (Å²) in [6.45, 7) is 0. The first-order valence-corrected chi connectivity index (χ1v) is 11.7. The van der Waals surface area contributed by atoms with Gasteiger partial charge in [-0.15, -0.1) is 0 Å². The van der Waals surface area contributed by atoms with E-state index in [-0.39, 0.29) is 17.4 Å². The molecule has 1 amide bonds. The maximum atomic E-state index is 14.0. The molecule has 0 saturated heterocycles. The highest BCUT2D eigenvalue weighted by Gasteiger charge is 2.44. The van der Waals surface area contributed by atoms with Crippen LogP contribution in [0.15, 0.2) is 131 Å². The molecule has 5 heteroatoms. The van der Waals surface area contributed by atoms with E-state index in [9.17, 15) is 9.59 Å². The van der Waals surface area contributed by atoms with Crippen LogP contribution in [0.2, 0.25) is 0 Å². The fourth-order valence-corrected chi connectivity index (χ4v) is 4.47. The molecule has 4 nitrogen and oxygen atoms in total. The summed E-state index contributed by atoms with van der Waals surface area (Å²) in [6.07, 6.45) is 0. The van der Waals surface area contributed by atoms with Crippen molar-refractivity contribution in [2.45, 2.75) is 6.04 Å². The minimum Gasteiger partial charge on any atom is -0.351 e. The summed E-state index contributed by atoms with van der Waals surface area (Å²) in [5.41, 5.74) is 3.57. The molecule has 1 N–H and O–H groups in total. The third-order valence-electron chi connectivity index (χ3n) is 5.78. The molecular formula is C29H21BrN2O2. The van der Waals surface area contributed by atoms with E-state index in [4.69, 9.17) is 0 Å². The Hall–Kier alpha value is -3.96. The van der Waals surface area contributed by atoms with E-state index < -0.39 is 6.04 Å². The molecule has 4 aromatic rings. The van der Waals surface area contributed by atoms with E-state index in [1.54, 1.807) is 17.0 Å². The fraction of sp³-hybridized carbons (Fsp3) is 0.0345. The van der Waals surface area contributed by atoms with Crippen LogP contribution in [0.1, 0.15) is 22.0 Å². The normalized spacial score (nSPS) is 15.5. The highest BCUT2D eigenvalue weighted by molar-refractivity contribution is 9.10. The summed E-state index contributed by atoms with van der Waals surface area (Å²) in [4.78, 5) is 29.6. The van der Waals surface area contributed by atoms with Crippen LogP contribution in [0.25, 0.3) is 0 Å². The molecule has 0 unspecified atom stereocenters. The number of amides is 1. The minimum absolute atomic E-state index is 0.182. The fourth-order valence-electron chi connectivity index (χ4n) is 4.20. The Labute approximate surface area is 206 Å². The molecule has 0 radical (unpaired) electrons. The lowest BCUT2D eigenvalue weighted by Gasteiger charge is -2.27. The molecule has 5 rings (SSSR count). The van der Waals surface area contributed by atoms with Gasteiger partial charge in [0.1, 0.15) is 5.70 Å². The summed E-state index contributed by atoms with van der Waals surface area (Å²) in [6, 6.07) is 35.2. The van der Waals surface area contributed by atoms with Crippen molar-refractivity contribution in [1.82, 2.24) is 0 Å². The summed E-state index contributed by atoms with van der Waals surface area (Å²) in [5.74, 6) is -0.430. The number of anilines is 2. The van der Waals surface area contributed by atoms with Crippen molar-refractivity contribution in [3.8, 4) is 0 Å². The van der Waals surface area contributed by atoms with Crippen LogP contribution < -0.4 is 10.2 Å². The summed E-state index contributed by atoms with van der Waals surface area (Å²) >= 11 is 3.49. The number of hydrogen-bond acceptors (Lipinski definition) is 3. The lowest BCUT2D eigenvalue weighted by atomic mass is 9.92. The Morgan fingerprint density at radius 3 is 1.91 bits per heavy atom. The van der Waals surface area contributed by atoms with Gasteiger partial charge in [-0.3, -0.25) is 14.5 Å². The molecule has 1 atom stereocenters. The predicted octanol–water partition coefficient (Wildman–Crippen LogP) is 6.79. The van der Waals surface area contributed by atoms with Gasteiger partial charge in [0, 0.05) is 21.4 Å². The number of rotatable bonds is 6. The smallest absolute Gasteiger partial charge is 0.276 e. The predicted molar refractivity (Wildman–Crippen MR) is 139 cm³/mol. The number of carbonyl (C=O) groups is 2. The molecule has 1 heterocycles. The molecule has 4 aromatic carbocycles. The Bertz CT molecular complexity index is 1350. The number of nitrogens with one attached hydrogen (secondary N) is 1. The number of ketones is 1. The van der Waals surface area contributed by atoms with Gasteiger partial charge in [-0.05, 0) is 42.0 Å². The van der Waals surface area contributed by atoms with Crippen molar-refractivity contribution < 1.29 is 9.59 Å². The van der Waals surface area contributed by atoms with Crippen molar-refractivity contribution in [1.29, 1.82) is 0 Å². The van der Waals surface area contributed by atoms with Crippen LogP contribution in [0, 0.1) is 0 Å². The van der Waals surface area contributed by atoms with Crippen LogP contribution >= 0.6 is 15.9 Å². The van der Waals surface area contributed by atoms with Crippen molar-refractivity contribution in [2.75, 3.05) is 10.2 Å². The topological polar surface area (TPSA) is 49.4 Å².